The first-order chi connectivity index (χ1) is 13.0. The SMILES string of the molecule is COc1ccc(CCNC(=O)NCCOc2c(C)cccc2C)cc1OC. The number of urea groups is 1. The van der Waals surface area contributed by atoms with E-state index in [0.29, 0.717) is 37.6 Å². The minimum atomic E-state index is -0.208. The molecule has 0 saturated heterocycles. The number of rotatable bonds is 9. The molecule has 27 heavy (non-hydrogen) atoms. The van der Waals surface area contributed by atoms with E-state index in [1.807, 2.05) is 50.2 Å². The zero-order valence-electron chi connectivity index (χ0n) is 16.4. The van der Waals surface area contributed by atoms with E-state index in [4.69, 9.17) is 14.2 Å². The summed E-state index contributed by atoms with van der Waals surface area (Å²) < 4.78 is 16.3. The lowest BCUT2D eigenvalue weighted by atomic mass is 10.1. The molecule has 0 aliphatic carbocycles. The highest BCUT2D eigenvalue weighted by atomic mass is 16.5. The second-order valence-corrected chi connectivity index (χ2v) is 6.19. The van der Waals surface area contributed by atoms with E-state index in [2.05, 4.69) is 10.6 Å². The Balaban J connectivity index is 1.68. The third kappa shape index (κ3) is 6.09. The van der Waals surface area contributed by atoms with Crippen molar-refractivity contribution in [3.63, 3.8) is 0 Å². The number of hydrogen-bond donors (Lipinski definition) is 2. The van der Waals surface area contributed by atoms with Crippen LogP contribution in [0.5, 0.6) is 17.2 Å². The molecular formula is C21H28N2O4. The summed E-state index contributed by atoms with van der Waals surface area (Å²) >= 11 is 0. The van der Waals surface area contributed by atoms with Gasteiger partial charge in [0.15, 0.2) is 11.5 Å². The lowest BCUT2D eigenvalue weighted by Crippen LogP contribution is -2.38. The highest BCUT2D eigenvalue weighted by molar-refractivity contribution is 5.73. The Morgan fingerprint density at radius 2 is 1.59 bits per heavy atom. The molecule has 0 radical (unpaired) electrons. The van der Waals surface area contributed by atoms with Gasteiger partial charge in [0, 0.05) is 6.54 Å². The molecule has 2 aromatic rings. The zero-order chi connectivity index (χ0) is 19.6. The first-order valence-electron chi connectivity index (χ1n) is 8.96. The van der Waals surface area contributed by atoms with Crippen molar-refractivity contribution < 1.29 is 19.0 Å². The van der Waals surface area contributed by atoms with Crippen LogP contribution in [-0.2, 0) is 6.42 Å². The largest absolute Gasteiger partial charge is 0.493 e. The van der Waals surface area contributed by atoms with Gasteiger partial charge in [-0.05, 0) is 49.1 Å². The molecule has 2 amide bonds. The normalized spacial score (nSPS) is 10.2. The molecule has 0 aliphatic heterocycles. The van der Waals surface area contributed by atoms with Crippen LogP contribution >= 0.6 is 0 Å². The minimum Gasteiger partial charge on any atom is -0.493 e. The maximum absolute atomic E-state index is 11.9. The van der Waals surface area contributed by atoms with E-state index >= 15 is 0 Å². The van der Waals surface area contributed by atoms with Crippen LogP contribution in [0.1, 0.15) is 16.7 Å². The number of benzene rings is 2. The number of hydrogen-bond acceptors (Lipinski definition) is 4. The first-order valence-corrected chi connectivity index (χ1v) is 8.96. The molecular weight excluding hydrogens is 344 g/mol. The number of carbonyl (C=O) groups excluding carboxylic acids is 1. The molecule has 0 unspecified atom stereocenters. The monoisotopic (exact) mass is 372 g/mol. The lowest BCUT2D eigenvalue weighted by molar-refractivity contribution is 0.236. The predicted octanol–water partition coefficient (Wildman–Crippen LogP) is 3.24. The smallest absolute Gasteiger partial charge is 0.314 e. The summed E-state index contributed by atoms with van der Waals surface area (Å²) in [6.07, 6.45) is 0.701. The van der Waals surface area contributed by atoms with E-state index < -0.39 is 0 Å². The highest BCUT2D eigenvalue weighted by Crippen LogP contribution is 2.27. The highest BCUT2D eigenvalue weighted by Gasteiger charge is 2.06. The van der Waals surface area contributed by atoms with Crippen LogP contribution in [0.25, 0.3) is 0 Å². The van der Waals surface area contributed by atoms with Gasteiger partial charge in [0.2, 0.25) is 0 Å². The standard InChI is InChI=1S/C21H28N2O4/c1-15-6-5-7-16(2)20(15)27-13-12-23-21(24)22-11-10-17-8-9-18(25-3)19(14-17)26-4/h5-9,14H,10-13H2,1-4H3,(H2,22,23,24). The van der Waals surface area contributed by atoms with Crippen LogP contribution in [-0.4, -0.2) is 39.9 Å². The molecule has 0 heterocycles. The van der Waals surface area contributed by atoms with Gasteiger partial charge in [-0.2, -0.15) is 0 Å². The third-order valence-electron chi connectivity index (χ3n) is 4.19. The summed E-state index contributed by atoms with van der Waals surface area (Å²) in [5, 5.41) is 5.64. The van der Waals surface area contributed by atoms with Gasteiger partial charge in [0.05, 0.1) is 20.8 Å². The van der Waals surface area contributed by atoms with Crippen molar-refractivity contribution in [2.75, 3.05) is 33.9 Å². The van der Waals surface area contributed by atoms with Crippen LogP contribution in [0.2, 0.25) is 0 Å². The summed E-state index contributed by atoms with van der Waals surface area (Å²) in [6.45, 7) is 5.41. The fraction of sp³-hybridized carbons (Fsp3) is 0.381. The third-order valence-corrected chi connectivity index (χ3v) is 4.19. The van der Waals surface area contributed by atoms with Gasteiger partial charge in [0.25, 0.3) is 0 Å². The fourth-order valence-corrected chi connectivity index (χ4v) is 2.76. The molecule has 6 nitrogen and oxygen atoms in total. The lowest BCUT2D eigenvalue weighted by Gasteiger charge is -2.13. The first kappa shape index (κ1) is 20.4. The van der Waals surface area contributed by atoms with Crippen LogP contribution < -0.4 is 24.8 Å². The van der Waals surface area contributed by atoms with Crippen LogP contribution in [0.15, 0.2) is 36.4 Å². The van der Waals surface area contributed by atoms with Gasteiger partial charge in [-0.25, -0.2) is 4.79 Å². The molecule has 0 atom stereocenters. The molecule has 0 bridgehead atoms. The topological polar surface area (TPSA) is 68.8 Å². The summed E-state index contributed by atoms with van der Waals surface area (Å²) in [7, 11) is 3.21. The van der Waals surface area contributed by atoms with Crippen molar-refractivity contribution in [2.24, 2.45) is 0 Å². The summed E-state index contributed by atoms with van der Waals surface area (Å²) in [6, 6.07) is 11.5. The average molecular weight is 372 g/mol. The number of methoxy groups -OCH3 is 2. The molecule has 0 saturated carbocycles. The van der Waals surface area contributed by atoms with E-state index in [1.54, 1.807) is 14.2 Å². The summed E-state index contributed by atoms with van der Waals surface area (Å²) in [5.74, 6) is 2.26. The van der Waals surface area contributed by atoms with Gasteiger partial charge in [-0.15, -0.1) is 0 Å². The van der Waals surface area contributed by atoms with Gasteiger partial charge < -0.3 is 24.8 Å². The van der Waals surface area contributed by atoms with Crippen molar-refractivity contribution in [3.05, 3.63) is 53.1 Å². The molecule has 2 aromatic carbocycles. The minimum absolute atomic E-state index is 0.208. The Hall–Kier alpha value is -2.89. The fourth-order valence-electron chi connectivity index (χ4n) is 2.76. The summed E-state index contributed by atoms with van der Waals surface area (Å²) in [4.78, 5) is 11.9. The van der Waals surface area contributed by atoms with Crippen molar-refractivity contribution in [1.82, 2.24) is 10.6 Å². The Morgan fingerprint density at radius 1 is 0.926 bits per heavy atom. The number of aryl methyl sites for hydroxylation is 2. The quantitative estimate of drug-likeness (QED) is 0.663. The summed E-state index contributed by atoms with van der Waals surface area (Å²) in [5.41, 5.74) is 3.25. The Labute approximate surface area is 160 Å². The van der Waals surface area contributed by atoms with E-state index in [9.17, 15) is 4.79 Å². The Morgan fingerprint density at radius 3 is 2.26 bits per heavy atom. The number of nitrogens with one attached hydrogen (secondary N) is 2. The molecule has 0 fully saturated rings. The molecule has 2 N–H and O–H groups in total. The molecule has 0 aromatic heterocycles. The molecule has 2 rings (SSSR count). The molecule has 0 spiro atoms. The predicted molar refractivity (Wildman–Crippen MR) is 106 cm³/mol. The van der Waals surface area contributed by atoms with E-state index in [1.165, 1.54) is 0 Å². The number of ether oxygens (including phenoxy) is 3. The maximum atomic E-state index is 11.9. The van der Waals surface area contributed by atoms with Gasteiger partial charge in [0.1, 0.15) is 12.4 Å². The molecule has 0 aliphatic rings. The van der Waals surface area contributed by atoms with Crippen LogP contribution in [0.3, 0.4) is 0 Å². The second-order valence-electron chi connectivity index (χ2n) is 6.19. The number of amides is 2. The molecule has 146 valence electrons. The Kier molecular flexibility index (Phi) is 7.79. The molecule has 6 heteroatoms. The number of para-hydroxylation sites is 1. The van der Waals surface area contributed by atoms with E-state index in [-0.39, 0.29) is 6.03 Å². The number of carbonyl (C=O) groups is 1. The maximum Gasteiger partial charge on any atom is 0.314 e. The van der Waals surface area contributed by atoms with Gasteiger partial charge in [-0.3, -0.25) is 0 Å². The van der Waals surface area contributed by atoms with Gasteiger partial charge in [-0.1, -0.05) is 24.3 Å². The van der Waals surface area contributed by atoms with Crippen molar-refractivity contribution in [1.29, 1.82) is 0 Å². The van der Waals surface area contributed by atoms with E-state index in [0.717, 1.165) is 22.4 Å². The Bertz CT molecular complexity index is 742. The van der Waals surface area contributed by atoms with Gasteiger partial charge >= 0.3 is 6.03 Å². The second kappa shape index (κ2) is 10.3. The van der Waals surface area contributed by atoms with Crippen LogP contribution in [0, 0.1) is 13.8 Å². The van der Waals surface area contributed by atoms with Crippen molar-refractivity contribution in [2.45, 2.75) is 20.3 Å². The zero-order valence-corrected chi connectivity index (χ0v) is 16.4. The average Bonchev–Trinajstić information content (AvgIpc) is 2.66. The van der Waals surface area contributed by atoms with Crippen molar-refractivity contribution >= 4 is 6.03 Å². The van der Waals surface area contributed by atoms with Crippen molar-refractivity contribution in [3.8, 4) is 17.2 Å². The van der Waals surface area contributed by atoms with Crippen LogP contribution in [0.4, 0.5) is 4.79 Å².